The van der Waals surface area contributed by atoms with Gasteiger partial charge in [0.05, 0.1) is 6.33 Å². The Balaban J connectivity index is 1.49. The van der Waals surface area contributed by atoms with E-state index in [1.807, 2.05) is 18.7 Å². The van der Waals surface area contributed by atoms with Crippen molar-refractivity contribution >= 4 is 17.3 Å². The summed E-state index contributed by atoms with van der Waals surface area (Å²) in [5.74, 6) is 0. The lowest BCUT2D eigenvalue weighted by Crippen LogP contribution is -2.42. The largest absolute Gasteiger partial charge is 0.363 e. The van der Waals surface area contributed by atoms with Gasteiger partial charge in [-0.1, -0.05) is 19.3 Å². The van der Waals surface area contributed by atoms with E-state index < -0.39 is 0 Å². The maximum Gasteiger partial charge on any atom is 0.166 e. The van der Waals surface area contributed by atoms with Crippen LogP contribution in [-0.4, -0.2) is 27.3 Å². The molecular formula is C14H24N4S. The van der Waals surface area contributed by atoms with Crippen LogP contribution in [0.1, 0.15) is 44.9 Å². The molecule has 0 spiro atoms. The molecule has 1 heterocycles. The molecule has 0 atom stereocenters. The molecule has 5 heteroatoms. The van der Waals surface area contributed by atoms with E-state index in [1.165, 1.54) is 32.1 Å². The Morgan fingerprint density at radius 1 is 1.26 bits per heavy atom. The van der Waals surface area contributed by atoms with Crippen molar-refractivity contribution in [1.29, 1.82) is 0 Å². The Hall–Kier alpha value is -1.10. The fraction of sp³-hybridized carbons (Fsp3) is 0.714. The van der Waals surface area contributed by atoms with Crippen LogP contribution in [0, 0.1) is 0 Å². The zero-order valence-corrected chi connectivity index (χ0v) is 12.3. The molecule has 1 fully saturated rings. The van der Waals surface area contributed by atoms with Crippen LogP contribution >= 0.6 is 12.2 Å². The standard InChI is InChI=1S/C14H24N4S/c19-14(17-13-6-2-1-3-7-13)16-8-4-5-10-18-11-9-15-12-18/h9,11-13H,1-8,10H2,(H2,16,17,19). The van der Waals surface area contributed by atoms with Crippen LogP contribution in [0.3, 0.4) is 0 Å². The number of hydrogen-bond acceptors (Lipinski definition) is 2. The minimum atomic E-state index is 0.597. The summed E-state index contributed by atoms with van der Waals surface area (Å²) in [4.78, 5) is 4.03. The summed E-state index contributed by atoms with van der Waals surface area (Å²) in [6.07, 6.45) is 14.6. The van der Waals surface area contributed by atoms with Gasteiger partial charge in [0.1, 0.15) is 0 Å². The molecule has 1 aliphatic rings. The van der Waals surface area contributed by atoms with Gasteiger partial charge < -0.3 is 15.2 Å². The summed E-state index contributed by atoms with van der Waals surface area (Å²) in [7, 11) is 0. The van der Waals surface area contributed by atoms with E-state index in [2.05, 4.69) is 20.2 Å². The molecule has 0 bridgehead atoms. The van der Waals surface area contributed by atoms with Gasteiger partial charge in [-0.05, 0) is 37.9 Å². The molecule has 1 aliphatic carbocycles. The van der Waals surface area contributed by atoms with Crippen molar-refractivity contribution in [3.8, 4) is 0 Å². The van der Waals surface area contributed by atoms with Crippen molar-refractivity contribution in [1.82, 2.24) is 20.2 Å². The second kappa shape index (κ2) is 8.15. The van der Waals surface area contributed by atoms with Gasteiger partial charge in [0.25, 0.3) is 0 Å². The molecule has 19 heavy (non-hydrogen) atoms. The normalized spacial score (nSPS) is 16.2. The fourth-order valence-electron chi connectivity index (χ4n) is 2.52. The molecule has 0 radical (unpaired) electrons. The first-order valence-electron chi connectivity index (χ1n) is 7.35. The zero-order valence-electron chi connectivity index (χ0n) is 11.5. The molecule has 2 N–H and O–H groups in total. The van der Waals surface area contributed by atoms with E-state index in [-0.39, 0.29) is 0 Å². The number of rotatable bonds is 6. The van der Waals surface area contributed by atoms with E-state index in [0.717, 1.165) is 31.0 Å². The zero-order chi connectivity index (χ0) is 13.3. The fourth-order valence-corrected chi connectivity index (χ4v) is 2.79. The highest BCUT2D eigenvalue weighted by atomic mass is 32.1. The Bertz CT molecular complexity index is 358. The van der Waals surface area contributed by atoms with Gasteiger partial charge >= 0.3 is 0 Å². The maximum atomic E-state index is 5.33. The molecule has 4 nitrogen and oxygen atoms in total. The van der Waals surface area contributed by atoms with Crippen molar-refractivity contribution < 1.29 is 0 Å². The Kier molecular flexibility index (Phi) is 6.14. The van der Waals surface area contributed by atoms with Crippen LogP contribution < -0.4 is 10.6 Å². The Morgan fingerprint density at radius 3 is 2.84 bits per heavy atom. The second-order valence-electron chi connectivity index (χ2n) is 5.24. The molecule has 0 aromatic carbocycles. The summed E-state index contributed by atoms with van der Waals surface area (Å²) in [5.41, 5.74) is 0. The summed E-state index contributed by atoms with van der Waals surface area (Å²) < 4.78 is 2.11. The molecule has 0 saturated heterocycles. The topological polar surface area (TPSA) is 41.9 Å². The predicted octanol–water partition coefficient (Wildman–Crippen LogP) is 2.46. The number of imidazole rings is 1. The average molecular weight is 280 g/mol. The Labute approximate surface area is 121 Å². The summed E-state index contributed by atoms with van der Waals surface area (Å²) in [6.45, 7) is 1.98. The first-order chi connectivity index (χ1) is 9.34. The predicted molar refractivity (Wildman–Crippen MR) is 82.1 cm³/mol. The number of unbranched alkanes of at least 4 members (excludes halogenated alkanes) is 1. The number of hydrogen-bond donors (Lipinski definition) is 2. The van der Waals surface area contributed by atoms with E-state index in [9.17, 15) is 0 Å². The number of nitrogens with one attached hydrogen (secondary N) is 2. The van der Waals surface area contributed by atoms with Gasteiger partial charge in [-0.25, -0.2) is 4.98 Å². The first kappa shape index (κ1) is 14.3. The number of aromatic nitrogens is 2. The van der Waals surface area contributed by atoms with Gasteiger partial charge in [0.15, 0.2) is 5.11 Å². The molecule has 1 aromatic heterocycles. The van der Waals surface area contributed by atoms with Crippen molar-refractivity contribution in [2.24, 2.45) is 0 Å². The molecule has 0 amide bonds. The van der Waals surface area contributed by atoms with E-state index in [1.54, 1.807) is 0 Å². The highest BCUT2D eigenvalue weighted by Crippen LogP contribution is 2.17. The summed E-state index contributed by atoms with van der Waals surface area (Å²) in [6, 6.07) is 0.597. The van der Waals surface area contributed by atoms with Crippen molar-refractivity contribution in [3.05, 3.63) is 18.7 Å². The second-order valence-corrected chi connectivity index (χ2v) is 5.65. The molecule has 1 aromatic rings. The van der Waals surface area contributed by atoms with Crippen LogP contribution in [0.4, 0.5) is 0 Å². The van der Waals surface area contributed by atoms with Gasteiger partial charge in [0, 0.05) is 31.5 Å². The van der Waals surface area contributed by atoms with Crippen molar-refractivity contribution in [2.45, 2.75) is 57.5 Å². The smallest absolute Gasteiger partial charge is 0.166 e. The lowest BCUT2D eigenvalue weighted by atomic mass is 9.96. The molecule has 0 aliphatic heterocycles. The highest BCUT2D eigenvalue weighted by Gasteiger charge is 2.13. The number of nitrogens with zero attached hydrogens (tertiary/aromatic N) is 2. The lowest BCUT2D eigenvalue weighted by molar-refractivity contribution is 0.412. The van der Waals surface area contributed by atoms with Gasteiger partial charge in [-0.3, -0.25) is 0 Å². The Morgan fingerprint density at radius 2 is 2.11 bits per heavy atom. The number of aryl methyl sites for hydroxylation is 1. The third kappa shape index (κ3) is 5.59. The quantitative estimate of drug-likeness (QED) is 0.620. The van der Waals surface area contributed by atoms with Gasteiger partial charge in [-0.15, -0.1) is 0 Å². The van der Waals surface area contributed by atoms with Crippen LogP contribution in [0.15, 0.2) is 18.7 Å². The van der Waals surface area contributed by atoms with E-state index in [0.29, 0.717) is 6.04 Å². The molecule has 1 saturated carbocycles. The first-order valence-corrected chi connectivity index (χ1v) is 7.75. The molecule has 106 valence electrons. The highest BCUT2D eigenvalue weighted by molar-refractivity contribution is 7.80. The summed E-state index contributed by atoms with van der Waals surface area (Å²) >= 11 is 5.33. The third-order valence-electron chi connectivity index (χ3n) is 3.63. The van der Waals surface area contributed by atoms with Crippen molar-refractivity contribution in [3.63, 3.8) is 0 Å². The monoisotopic (exact) mass is 280 g/mol. The van der Waals surface area contributed by atoms with Crippen LogP contribution in [-0.2, 0) is 6.54 Å². The minimum absolute atomic E-state index is 0.597. The SMILES string of the molecule is S=C(NCCCCn1ccnc1)NC1CCCCC1. The average Bonchev–Trinajstić information content (AvgIpc) is 2.92. The van der Waals surface area contributed by atoms with Gasteiger partial charge in [0.2, 0.25) is 0 Å². The molecular weight excluding hydrogens is 256 g/mol. The van der Waals surface area contributed by atoms with E-state index in [4.69, 9.17) is 12.2 Å². The van der Waals surface area contributed by atoms with Gasteiger partial charge in [-0.2, -0.15) is 0 Å². The lowest BCUT2D eigenvalue weighted by Gasteiger charge is -2.24. The maximum absolute atomic E-state index is 5.33. The van der Waals surface area contributed by atoms with Crippen molar-refractivity contribution in [2.75, 3.05) is 6.54 Å². The molecule has 2 rings (SSSR count). The minimum Gasteiger partial charge on any atom is -0.363 e. The van der Waals surface area contributed by atoms with Crippen LogP contribution in [0.5, 0.6) is 0 Å². The number of thiocarbonyl (C=S) groups is 1. The molecule has 0 unspecified atom stereocenters. The van der Waals surface area contributed by atoms with E-state index >= 15 is 0 Å². The summed E-state index contributed by atoms with van der Waals surface area (Å²) in [5, 5.41) is 7.56. The van der Waals surface area contributed by atoms with Crippen LogP contribution in [0.25, 0.3) is 0 Å². The third-order valence-corrected chi connectivity index (χ3v) is 3.89. The van der Waals surface area contributed by atoms with Crippen LogP contribution in [0.2, 0.25) is 0 Å².